The third-order valence-electron chi connectivity index (χ3n) is 8.61. The molecule has 0 unspecified atom stereocenters. The molecular formula is C36H49N5O7. The molecule has 2 aromatic carbocycles. The second-order valence-corrected chi connectivity index (χ2v) is 12.7. The zero-order valence-electron chi connectivity index (χ0n) is 28.8. The predicted molar refractivity (Wildman–Crippen MR) is 183 cm³/mol. The van der Waals surface area contributed by atoms with E-state index < -0.39 is 12.1 Å². The number of hydrogen-bond donors (Lipinski definition) is 3. The Labute approximate surface area is 282 Å². The summed E-state index contributed by atoms with van der Waals surface area (Å²) in [7, 11) is 1.69. The molecule has 3 N–H and O–H groups in total. The van der Waals surface area contributed by atoms with E-state index in [0.717, 1.165) is 24.8 Å². The van der Waals surface area contributed by atoms with Gasteiger partial charge in [-0.05, 0) is 70.7 Å². The van der Waals surface area contributed by atoms with E-state index in [-0.39, 0.29) is 61.5 Å². The maximum absolute atomic E-state index is 14.4. The fourth-order valence-electron chi connectivity index (χ4n) is 5.67. The number of aliphatic hydroxyl groups is 1. The summed E-state index contributed by atoms with van der Waals surface area (Å²) >= 11 is 0. The van der Waals surface area contributed by atoms with Crippen molar-refractivity contribution in [3.63, 3.8) is 0 Å². The molecule has 4 atom stereocenters. The fourth-order valence-corrected chi connectivity index (χ4v) is 5.67. The first kappa shape index (κ1) is 36.4. The lowest BCUT2D eigenvalue weighted by Gasteiger charge is -2.35. The van der Waals surface area contributed by atoms with Crippen LogP contribution in [0.25, 0.3) is 0 Å². The summed E-state index contributed by atoms with van der Waals surface area (Å²) in [5.74, 6) is 0.154. The van der Waals surface area contributed by atoms with Crippen LogP contribution in [0.4, 0.5) is 16.2 Å². The Balaban J connectivity index is 1.58. The quantitative estimate of drug-likeness (QED) is 0.289. The highest BCUT2D eigenvalue weighted by Crippen LogP contribution is 2.29. The van der Waals surface area contributed by atoms with Crippen molar-refractivity contribution in [3.05, 3.63) is 71.1 Å². The first-order valence-electron chi connectivity index (χ1n) is 16.6. The van der Waals surface area contributed by atoms with Gasteiger partial charge in [0.1, 0.15) is 17.1 Å². The van der Waals surface area contributed by atoms with Gasteiger partial charge in [-0.15, -0.1) is 0 Å². The molecule has 4 amide bonds. The SMILES string of the molecule is Cc1noc(C)c1NC(=O)N(C)C[C@H]1OCCCC[C@@H](C)Oc2ccc(NC(=O)Cc3ccccc3)cc2C(=O)N([C@@H](C)CO)C[C@H]1C. The summed E-state index contributed by atoms with van der Waals surface area (Å²) in [5, 5.41) is 19.9. The van der Waals surface area contributed by atoms with Crippen LogP contribution in [0.1, 0.15) is 67.4 Å². The van der Waals surface area contributed by atoms with Crippen LogP contribution in [0.2, 0.25) is 0 Å². The minimum atomic E-state index is -0.532. The predicted octanol–water partition coefficient (Wildman–Crippen LogP) is 5.43. The molecule has 2 heterocycles. The van der Waals surface area contributed by atoms with Crippen LogP contribution in [0.15, 0.2) is 53.1 Å². The Kier molecular flexibility index (Phi) is 13.0. The molecule has 0 radical (unpaired) electrons. The number of ether oxygens (including phenoxy) is 2. The van der Waals surface area contributed by atoms with Gasteiger partial charge in [0.25, 0.3) is 5.91 Å². The smallest absolute Gasteiger partial charge is 0.321 e. The van der Waals surface area contributed by atoms with Crippen LogP contribution in [0, 0.1) is 19.8 Å². The maximum Gasteiger partial charge on any atom is 0.321 e. The summed E-state index contributed by atoms with van der Waals surface area (Å²) in [6, 6.07) is 13.7. The summed E-state index contributed by atoms with van der Waals surface area (Å²) < 4.78 is 17.8. The van der Waals surface area contributed by atoms with Gasteiger partial charge in [0.15, 0.2) is 5.76 Å². The van der Waals surface area contributed by atoms with E-state index in [1.165, 1.54) is 0 Å². The Morgan fingerprint density at radius 3 is 2.54 bits per heavy atom. The largest absolute Gasteiger partial charge is 0.490 e. The summed E-state index contributed by atoms with van der Waals surface area (Å²) in [6.45, 7) is 9.93. The summed E-state index contributed by atoms with van der Waals surface area (Å²) in [4.78, 5) is 43.6. The molecule has 48 heavy (non-hydrogen) atoms. The van der Waals surface area contributed by atoms with Crippen LogP contribution in [0.3, 0.4) is 0 Å². The lowest BCUT2D eigenvalue weighted by molar-refractivity contribution is -0.115. The van der Waals surface area contributed by atoms with E-state index >= 15 is 0 Å². The number of carbonyl (C=O) groups excluding carboxylic acids is 3. The van der Waals surface area contributed by atoms with Crippen molar-refractivity contribution in [2.75, 3.05) is 44.0 Å². The lowest BCUT2D eigenvalue weighted by Crippen LogP contribution is -2.48. The highest BCUT2D eigenvalue weighted by Gasteiger charge is 2.31. The molecule has 0 spiro atoms. The zero-order chi connectivity index (χ0) is 34.8. The average Bonchev–Trinajstić information content (AvgIpc) is 3.38. The van der Waals surface area contributed by atoms with Crippen molar-refractivity contribution in [3.8, 4) is 5.75 Å². The fraction of sp³-hybridized carbons (Fsp3) is 0.500. The van der Waals surface area contributed by atoms with E-state index in [2.05, 4.69) is 15.8 Å². The molecule has 12 heteroatoms. The molecule has 1 aromatic heterocycles. The second kappa shape index (κ2) is 17.1. The number of hydrogen-bond acceptors (Lipinski definition) is 8. The minimum absolute atomic E-state index is 0.185. The van der Waals surface area contributed by atoms with Gasteiger partial charge in [0.05, 0.1) is 36.8 Å². The molecule has 3 aromatic rings. The molecule has 1 aliphatic rings. The van der Waals surface area contributed by atoms with Gasteiger partial charge < -0.3 is 39.5 Å². The molecule has 0 saturated carbocycles. The molecule has 260 valence electrons. The number of nitrogens with zero attached hydrogens (tertiary/aromatic N) is 3. The number of nitrogens with one attached hydrogen (secondary N) is 2. The van der Waals surface area contributed by atoms with Crippen molar-refractivity contribution in [2.45, 2.75) is 78.6 Å². The molecule has 0 fully saturated rings. The van der Waals surface area contributed by atoms with E-state index in [1.807, 2.05) is 44.2 Å². The van der Waals surface area contributed by atoms with Gasteiger partial charge in [-0.3, -0.25) is 9.59 Å². The van der Waals surface area contributed by atoms with Crippen LogP contribution in [-0.2, 0) is 16.0 Å². The highest BCUT2D eigenvalue weighted by molar-refractivity contribution is 6.00. The van der Waals surface area contributed by atoms with E-state index in [9.17, 15) is 19.5 Å². The lowest BCUT2D eigenvalue weighted by atomic mass is 10.0. The van der Waals surface area contributed by atoms with Crippen LogP contribution >= 0.6 is 0 Å². The second-order valence-electron chi connectivity index (χ2n) is 12.7. The molecule has 4 rings (SSSR count). The number of benzene rings is 2. The summed E-state index contributed by atoms with van der Waals surface area (Å²) in [6.07, 6.45) is 1.97. The third-order valence-corrected chi connectivity index (χ3v) is 8.61. The number of fused-ring (bicyclic) bond motifs is 1. The highest BCUT2D eigenvalue weighted by atomic mass is 16.5. The van der Waals surface area contributed by atoms with Crippen molar-refractivity contribution in [1.29, 1.82) is 0 Å². The van der Waals surface area contributed by atoms with Gasteiger partial charge in [0, 0.05) is 38.3 Å². The number of rotatable bonds is 8. The van der Waals surface area contributed by atoms with Crippen LogP contribution in [-0.4, -0.2) is 89.5 Å². The van der Waals surface area contributed by atoms with E-state index in [0.29, 0.717) is 35.2 Å². The number of aliphatic hydroxyl groups excluding tert-OH is 1. The van der Waals surface area contributed by atoms with Gasteiger partial charge in [-0.1, -0.05) is 42.4 Å². The normalized spacial score (nSPS) is 19.8. The van der Waals surface area contributed by atoms with E-state index in [4.69, 9.17) is 14.0 Å². The Morgan fingerprint density at radius 2 is 1.85 bits per heavy atom. The van der Waals surface area contributed by atoms with Gasteiger partial charge in [0.2, 0.25) is 5.91 Å². The molecule has 1 aliphatic heterocycles. The third kappa shape index (κ3) is 9.80. The first-order valence-corrected chi connectivity index (χ1v) is 16.6. The van der Waals surface area contributed by atoms with Gasteiger partial charge in [-0.25, -0.2) is 4.79 Å². The van der Waals surface area contributed by atoms with Crippen molar-refractivity contribution in [1.82, 2.24) is 15.0 Å². The zero-order valence-corrected chi connectivity index (χ0v) is 28.8. The molecule has 0 bridgehead atoms. The van der Waals surface area contributed by atoms with Crippen molar-refractivity contribution in [2.24, 2.45) is 5.92 Å². The molecule has 0 aliphatic carbocycles. The standard InChI is InChI=1S/C36H49N5O7/c1-23-20-41(24(2)22-42)35(44)30-19-29(37-33(43)18-28-13-8-7-9-14-28)15-16-31(30)47-25(3)12-10-11-17-46-32(23)21-40(6)36(45)38-34-26(4)39-48-27(34)5/h7-9,13-16,19,23-25,32,42H,10-12,17-18,20-22H2,1-6H3,(H,37,43)(H,38,45)/t23-,24+,25-,32-/m1/s1. The number of likely N-dealkylation sites (N-methyl/N-ethyl adjacent to an activating group) is 1. The molecular weight excluding hydrogens is 614 g/mol. The van der Waals surface area contributed by atoms with Crippen LogP contribution in [0.5, 0.6) is 5.75 Å². The van der Waals surface area contributed by atoms with Gasteiger partial charge >= 0.3 is 6.03 Å². The topological polar surface area (TPSA) is 146 Å². The summed E-state index contributed by atoms with van der Waals surface area (Å²) in [5.41, 5.74) is 2.75. The maximum atomic E-state index is 14.4. The number of carbonyl (C=O) groups is 3. The number of aromatic nitrogens is 1. The molecule has 0 saturated heterocycles. The number of anilines is 2. The Bertz CT molecular complexity index is 1510. The number of aryl methyl sites for hydroxylation is 2. The van der Waals surface area contributed by atoms with E-state index in [1.54, 1.807) is 55.8 Å². The monoisotopic (exact) mass is 663 g/mol. The minimum Gasteiger partial charge on any atom is -0.490 e. The Hall–Kier alpha value is -4.42. The van der Waals surface area contributed by atoms with Crippen molar-refractivity contribution < 1.29 is 33.5 Å². The van der Waals surface area contributed by atoms with Gasteiger partial charge in [-0.2, -0.15) is 0 Å². The number of urea groups is 1. The Morgan fingerprint density at radius 1 is 1.10 bits per heavy atom. The first-order chi connectivity index (χ1) is 23.0. The average molecular weight is 664 g/mol. The van der Waals surface area contributed by atoms with Crippen LogP contribution < -0.4 is 15.4 Å². The number of amides is 4. The molecule has 12 nitrogen and oxygen atoms in total. The van der Waals surface area contributed by atoms with Crippen molar-refractivity contribution >= 4 is 29.2 Å².